The molecule has 2 nitrogen and oxygen atoms in total. The summed E-state index contributed by atoms with van der Waals surface area (Å²) < 4.78 is 0. The van der Waals surface area contributed by atoms with E-state index in [9.17, 15) is 0 Å². The molecule has 0 fully saturated rings. The Morgan fingerprint density at radius 3 is 2.15 bits per heavy atom. The summed E-state index contributed by atoms with van der Waals surface area (Å²) in [6.45, 7) is 6.36. The zero-order valence-corrected chi connectivity index (χ0v) is 26.9. The van der Waals surface area contributed by atoms with Crippen molar-refractivity contribution in [3.05, 3.63) is 204 Å². The van der Waals surface area contributed by atoms with E-state index in [0.29, 0.717) is 0 Å². The number of anilines is 3. The summed E-state index contributed by atoms with van der Waals surface area (Å²) in [6.07, 6.45) is 12.7. The maximum atomic E-state index is 5.36. The van der Waals surface area contributed by atoms with Gasteiger partial charge in [0.05, 0.1) is 5.69 Å². The lowest BCUT2D eigenvalue weighted by atomic mass is 9.93. The lowest BCUT2D eigenvalue weighted by Crippen LogP contribution is -2.27. The maximum absolute atomic E-state index is 5.36. The first-order chi connectivity index (χ1) is 23.1. The average Bonchev–Trinajstić information content (AvgIpc) is 3.13. The number of fused-ring (bicyclic) bond motifs is 4. The van der Waals surface area contributed by atoms with Crippen LogP contribution in [0.25, 0.3) is 28.0 Å². The van der Waals surface area contributed by atoms with Gasteiger partial charge in [-0.2, -0.15) is 0 Å². The Balaban J connectivity index is 0.000000491. The zero-order valence-electron chi connectivity index (χ0n) is 26.9. The van der Waals surface area contributed by atoms with Gasteiger partial charge in [-0.1, -0.05) is 146 Å². The number of allylic oxidation sites excluding steroid dienone is 4. The molecule has 0 saturated carbocycles. The number of nitrogens with zero attached hydrogens (tertiary/aromatic N) is 1. The second kappa shape index (κ2) is 14.9. The molecule has 47 heavy (non-hydrogen) atoms. The first-order valence-electron chi connectivity index (χ1n) is 16.1. The fraction of sp³-hybridized carbons (Fsp3) is 0.0667. The van der Waals surface area contributed by atoms with Gasteiger partial charge in [0.25, 0.3) is 0 Å². The summed E-state index contributed by atoms with van der Waals surface area (Å²) in [5.41, 5.74) is 14.7. The number of rotatable bonds is 5. The molecule has 1 aliphatic heterocycles. The van der Waals surface area contributed by atoms with Crippen LogP contribution in [0, 0.1) is 0 Å². The van der Waals surface area contributed by atoms with Crippen molar-refractivity contribution in [3.8, 4) is 0 Å². The van der Waals surface area contributed by atoms with Crippen molar-refractivity contribution in [1.29, 1.82) is 0 Å². The van der Waals surface area contributed by atoms with Crippen LogP contribution < -0.4 is 21.1 Å². The molecule has 0 unspecified atom stereocenters. The van der Waals surface area contributed by atoms with E-state index in [2.05, 4.69) is 158 Å². The van der Waals surface area contributed by atoms with Crippen molar-refractivity contribution in [2.75, 3.05) is 10.6 Å². The molecule has 6 aromatic rings. The molecule has 0 amide bonds. The van der Waals surface area contributed by atoms with E-state index < -0.39 is 0 Å². The summed E-state index contributed by atoms with van der Waals surface area (Å²) in [5.74, 6) is 0. The lowest BCUT2D eigenvalue weighted by molar-refractivity contribution is 1.24. The fourth-order valence-electron chi connectivity index (χ4n) is 6.10. The molecule has 2 heteroatoms. The molecule has 230 valence electrons. The predicted molar refractivity (Wildman–Crippen MR) is 204 cm³/mol. The minimum absolute atomic E-state index is 0.822. The Bertz CT molecular complexity index is 2160. The van der Waals surface area contributed by atoms with Gasteiger partial charge in [-0.05, 0) is 93.6 Å². The summed E-state index contributed by atoms with van der Waals surface area (Å²) in [5, 5.41) is 5.07. The molecular weight excluding hydrogens is 569 g/mol. The number of nitrogens with two attached hydrogens (primary N) is 1. The zero-order chi connectivity index (χ0) is 32.4. The Kier molecular flexibility index (Phi) is 9.90. The van der Waals surface area contributed by atoms with E-state index in [-0.39, 0.29) is 0 Å². The van der Waals surface area contributed by atoms with Gasteiger partial charge in [0.15, 0.2) is 0 Å². The Hall–Kier alpha value is -5.86. The van der Waals surface area contributed by atoms with Crippen LogP contribution in [0.1, 0.15) is 30.0 Å². The van der Waals surface area contributed by atoms with Crippen LogP contribution in [0.2, 0.25) is 0 Å². The van der Waals surface area contributed by atoms with Gasteiger partial charge in [-0.3, -0.25) is 0 Å². The highest BCUT2D eigenvalue weighted by molar-refractivity contribution is 6.00. The minimum Gasteiger partial charge on any atom is -0.399 e. The van der Waals surface area contributed by atoms with Crippen molar-refractivity contribution >= 4 is 45.1 Å². The van der Waals surface area contributed by atoms with Crippen LogP contribution in [-0.4, -0.2) is 0 Å². The van der Waals surface area contributed by atoms with Gasteiger partial charge in [0.1, 0.15) is 0 Å². The predicted octanol–water partition coefficient (Wildman–Crippen LogP) is 9.98. The first kappa shape index (κ1) is 31.1. The van der Waals surface area contributed by atoms with Crippen LogP contribution in [0.15, 0.2) is 177 Å². The summed E-state index contributed by atoms with van der Waals surface area (Å²) in [6, 6.07) is 50.8. The molecule has 0 saturated heterocycles. The standard InChI is InChI=1S/C39H33N.C6H7N/c1-3-31(21-20-30-13-5-4-6-14-30)32-22-25-35(26-23-32)40-28-12-11-17-33-15-7-9-18-36(33)29(2)39-37-19-10-8-16-34(37)24-27-38(39)40;7-6-4-2-1-3-5-6/h3-10,12-19,21-28H,1,11,20H2,2H3;1-5H,7H2/b28-12?,31-21+,33-17-,36-29+;. The number of hydrogen-bond donors (Lipinski definition) is 1. The highest BCUT2D eigenvalue weighted by Crippen LogP contribution is 2.38. The number of hydrogen-bond acceptors (Lipinski definition) is 2. The monoisotopic (exact) mass is 608 g/mol. The van der Waals surface area contributed by atoms with Gasteiger partial charge in [-0.15, -0.1) is 0 Å². The minimum atomic E-state index is 0.822. The van der Waals surface area contributed by atoms with Crippen molar-refractivity contribution in [2.24, 2.45) is 0 Å². The summed E-state index contributed by atoms with van der Waals surface area (Å²) in [7, 11) is 0. The topological polar surface area (TPSA) is 29.3 Å². The molecule has 1 heterocycles. The second-order valence-electron chi connectivity index (χ2n) is 11.6. The number of benzene rings is 6. The smallest absolute Gasteiger partial charge is 0.0537 e. The average molecular weight is 609 g/mol. The third-order valence-corrected chi connectivity index (χ3v) is 8.53. The molecule has 7 rings (SSSR count). The highest BCUT2D eigenvalue weighted by Gasteiger charge is 2.17. The van der Waals surface area contributed by atoms with Gasteiger partial charge in [0.2, 0.25) is 0 Å². The maximum Gasteiger partial charge on any atom is 0.0537 e. The van der Waals surface area contributed by atoms with Gasteiger partial charge in [0, 0.05) is 23.1 Å². The molecule has 0 aromatic heterocycles. The van der Waals surface area contributed by atoms with Gasteiger partial charge >= 0.3 is 0 Å². The largest absolute Gasteiger partial charge is 0.399 e. The molecular formula is C45H40N2. The lowest BCUT2D eigenvalue weighted by Gasteiger charge is -2.26. The van der Waals surface area contributed by atoms with E-state index in [1.807, 2.05) is 36.4 Å². The number of para-hydroxylation sites is 1. The van der Waals surface area contributed by atoms with Crippen molar-refractivity contribution in [3.63, 3.8) is 0 Å². The third kappa shape index (κ3) is 7.35. The summed E-state index contributed by atoms with van der Waals surface area (Å²) >= 11 is 0. The molecule has 1 aliphatic rings. The van der Waals surface area contributed by atoms with Crippen LogP contribution >= 0.6 is 0 Å². The third-order valence-electron chi connectivity index (χ3n) is 8.53. The normalized spacial score (nSPS) is 14.5. The fourth-order valence-corrected chi connectivity index (χ4v) is 6.10. The van der Waals surface area contributed by atoms with E-state index in [4.69, 9.17) is 5.73 Å². The van der Waals surface area contributed by atoms with Crippen molar-refractivity contribution < 1.29 is 0 Å². The number of nitrogen functional groups attached to an aromatic ring is 1. The van der Waals surface area contributed by atoms with Crippen LogP contribution in [0.3, 0.4) is 0 Å². The Morgan fingerprint density at radius 1 is 0.745 bits per heavy atom. The summed E-state index contributed by atoms with van der Waals surface area (Å²) in [4.78, 5) is 2.33. The molecule has 0 atom stereocenters. The first-order valence-corrected chi connectivity index (χ1v) is 16.1. The highest BCUT2D eigenvalue weighted by atomic mass is 15.1. The van der Waals surface area contributed by atoms with E-state index in [1.165, 1.54) is 49.2 Å². The molecule has 6 aromatic carbocycles. The molecule has 0 spiro atoms. The van der Waals surface area contributed by atoms with E-state index in [0.717, 1.165) is 29.8 Å². The van der Waals surface area contributed by atoms with Crippen LogP contribution in [0.5, 0.6) is 0 Å². The SMILES string of the molecule is C=C/C(=C\Cc1ccccc1)c1ccc(N2C=CC/C=c3/cccc/c3=C(/C)c3c2ccc2ccccc32)cc1.Nc1ccccc1. The van der Waals surface area contributed by atoms with Crippen molar-refractivity contribution in [2.45, 2.75) is 19.8 Å². The molecule has 2 N–H and O–H groups in total. The van der Waals surface area contributed by atoms with Crippen molar-refractivity contribution in [1.82, 2.24) is 0 Å². The van der Waals surface area contributed by atoms with E-state index >= 15 is 0 Å². The molecule has 0 bridgehead atoms. The van der Waals surface area contributed by atoms with Crippen LogP contribution in [-0.2, 0) is 6.42 Å². The molecule has 0 radical (unpaired) electrons. The van der Waals surface area contributed by atoms with E-state index in [1.54, 1.807) is 0 Å². The van der Waals surface area contributed by atoms with Gasteiger partial charge < -0.3 is 10.6 Å². The second-order valence-corrected chi connectivity index (χ2v) is 11.6. The Morgan fingerprint density at radius 2 is 1.43 bits per heavy atom. The van der Waals surface area contributed by atoms with Crippen LogP contribution in [0.4, 0.5) is 17.1 Å². The quantitative estimate of drug-likeness (QED) is 0.156. The van der Waals surface area contributed by atoms with Gasteiger partial charge in [-0.25, -0.2) is 0 Å². The molecule has 0 aliphatic carbocycles. The Labute approximate surface area is 278 Å².